The molecule has 0 heterocycles. The van der Waals surface area contributed by atoms with Gasteiger partial charge in [0.25, 0.3) is 10.0 Å². The van der Waals surface area contributed by atoms with Crippen LogP contribution in [0.4, 0.5) is 11.4 Å². The zero-order valence-corrected chi connectivity index (χ0v) is 14.5. The predicted molar refractivity (Wildman–Crippen MR) is 88.2 cm³/mol. The minimum absolute atomic E-state index is 0.160. The Labute approximate surface area is 134 Å². The van der Waals surface area contributed by atoms with Crippen molar-refractivity contribution < 1.29 is 8.42 Å². The Morgan fingerprint density at radius 1 is 1.05 bits per heavy atom. The van der Waals surface area contributed by atoms with Crippen LogP contribution < -0.4 is 10.5 Å². The second-order valence-electron chi connectivity index (χ2n) is 4.23. The first-order valence-electron chi connectivity index (χ1n) is 5.63. The molecule has 0 saturated heterocycles. The number of nitrogens with one attached hydrogen (secondary N) is 1. The summed E-state index contributed by atoms with van der Waals surface area (Å²) in [4.78, 5) is 0.160. The molecular formula is C13H12Br2N2O2S. The summed E-state index contributed by atoms with van der Waals surface area (Å²) in [5, 5.41) is 0. The van der Waals surface area contributed by atoms with E-state index in [1.165, 1.54) is 6.07 Å². The van der Waals surface area contributed by atoms with E-state index in [-0.39, 0.29) is 4.90 Å². The molecule has 2 aromatic carbocycles. The van der Waals surface area contributed by atoms with Crippen LogP contribution in [-0.2, 0) is 10.0 Å². The van der Waals surface area contributed by atoms with Gasteiger partial charge in [-0.1, -0.05) is 31.9 Å². The first kappa shape index (κ1) is 15.3. The molecule has 7 heteroatoms. The minimum atomic E-state index is -3.68. The van der Waals surface area contributed by atoms with Gasteiger partial charge in [0.1, 0.15) is 0 Å². The molecule has 4 nitrogen and oxygen atoms in total. The fourth-order valence-corrected chi connectivity index (χ4v) is 3.93. The van der Waals surface area contributed by atoms with Crippen molar-refractivity contribution in [2.45, 2.75) is 11.8 Å². The molecule has 0 spiro atoms. The van der Waals surface area contributed by atoms with Gasteiger partial charge >= 0.3 is 0 Å². The molecule has 0 bridgehead atoms. The lowest BCUT2D eigenvalue weighted by atomic mass is 10.2. The summed E-state index contributed by atoms with van der Waals surface area (Å²) >= 11 is 6.56. The van der Waals surface area contributed by atoms with Crippen molar-refractivity contribution in [2.75, 3.05) is 10.5 Å². The number of sulfonamides is 1. The minimum Gasteiger partial charge on any atom is -0.398 e. The molecule has 106 valence electrons. The summed E-state index contributed by atoms with van der Waals surface area (Å²) in [6.45, 7) is 1.68. The molecule has 0 saturated carbocycles. The maximum Gasteiger partial charge on any atom is 0.262 e. The summed E-state index contributed by atoms with van der Waals surface area (Å²) in [6, 6.07) is 10.1. The Morgan fingerprint density at radius 3 is 2.25 bits per heavy atom. The molecule has 3 N–H and O–H groups in total. The Kier molecular flexibility index (Phi) is 4.41. The van der Waals surface area contributed by atoms with Crippen molar-refractivity contribution >= 4 is 53.3 Å². The molecule has 0 aliphatic carbocycles. The molecule has 0 aliphatic rings. The van der Waals surface area contributed by atoms with Gasteiger partial charge in [-0.25, -0.2) is 8.42 Å². The van der Waals surface area contributed by atoms with Gasteiger partial charge in [-0.3, -0.25) is 4.72 Å². The van der Waals surface area contributed by atoms with E-state index in [9.17, 15) is 8.42 Å². The Morgan fingerprint density at radius 2 is 1.65 bits per heavy atom. The summed E-state index contributed by atoms with van der Waals surface area (Å²) in [5.41, 5.74) is 7.25. The first-order valence-corrected chi connectivity index (χ1v) is 8.70. The van der Waals surface area contributed by atoms with Gasteiger partial charge < -0.3 is 5.73 Å². The van der Waals surface area contributed by atoms with Crippen molar-refractivity contribution in [3.05, 3.63) is 50.9 Å². The van der Waals surface area contributed by atoms with Crippen LogP contribution >= 0.6 is 31.9 Å². The van der Waals surface area contributed by atoms with E-state index in [1.54, 1.807) is 37.3 Å². The van der Waals surface area contributed by atoms with Gasteiger partial charge in [0, 0.05) is 20.3 Å². The second-order valence-corrected chi connectivity index (χ2v) is 7.71. The van der Waals surface area contributed by atoms with Crippen molar-refractivity contribution in [3.8, 4) is 0 Å². The van der Waals surface area contributed by atoms with Crippen LogP contribution in [0.2, 0.25) is 0 Å². The van der Waals surface area contributed by atoms with Crippen LogP contribution in [0, 0.1) is 6.92 Å². The monoisotopic (exact) mass is 418 g/mol. The van der Waals surface area contributed by atoms with E-state index in [1.807, 2.05) is 0 Å². The number of anilines is 2. The molecule has 0 aliphatic heterocycles. The molecule has 0 radical (unpaired) electrons. The lowest BCUT2D eigenvalue weighted by molar-refractivity contribution is 0.600. The van der Waals surface area contributed by atoms with Crippen LogP contribution in [0.5, 0.6) is 0 Å². The summed E-state index contributed by atoms with van der Waals surface area (Å²) < 4.78 is 28.9. The third-order valence-electron chi connectivity index (χ3n) is 2.75. The highest BCUT2D eigenvalue weighted by Crippen LogP contribution is 2.28. The molecular weight excluding hydrogens is 408 g/mol. The fourth-order valence-electron chi connectivity index (χ4n) is 1.68. The fraction of sp³-hybridized carbons (Fsp3) is 0.0769. The molecule has 20 heavy (non-hydrogen) atoms. The van der Waals surface area contributed by atoms with E-state index in [0.29, 0.717) is 21.4 Å². The van der Waals surface area contributed by atoms with E-state index in [0.717, 1.165) is 4.47 Å². The van der Waals surface area contributed by atoms with E-state index in [4.69, 9.17) is 5.73 Å². The van der Waals surface area contributed by atoms with Crippen LogP contribution in [0.1, 0.15) is 5.56 Å². The van der Waals surface area contributed by atoms with Crippen LogP contribution in [0.25, 0.3) is 0 Å². The van der Waals surface area contributed by atoms with Crippen LogP contribution in [-0.4, -0.2) is 8.42 Å². The SMILES string of the molecule is Cc1c(N)cc(Br)cc1S(=O)(=O)Nc1ccc(Br)cc1. The molecule has 2 aromatic rings. The molecule has 0 aromatic heterocycles. The lowest BCUT2D eigenvalue weighted by Gasteiger charge is -2.12. The van der Waals surface area contributed by atoms with Gasteiger partial charge in [-0.05, 0) is 48.9 Å². The van der Waals surface area contributed by atoms with E-state index in [2.05, 4.69) is 36.6 Å². The average Bonchev–Trinajstić information content (AvgIpc) is 2.36. The molecule has 2 rings (SSSR count). The van der Waals surface area contributed by atoms with Crippen molar-refractivity contribution in [1.29, 1.82) is 0 Å². The highest BCUT2D eigenvalue weighted by atomic mass is 79.9. The largest absolute Gasteiger partial charge is 0.398 e. The summed E-state index contributed by atoms with van der Waals surface area (Å²) in [5.74, 6) is 0. The second kappa shape index (κ2) is 5.75. The number of benzene rings is 2. The van der Waals surface area contributed by atoms with Gasteiger partial charge in [0.2, 0.25) is 0 Å². The zero-order valence-electron chi connectivity index (χ0n) is 10.5. The van der Waals surface area contributed by atoms with Crippen LogP contribution in [0.15, 0.2) is 50.2 Å². The highest BCUT2D eigenvalue weighted by molar-refractivity contribution is 9.10. The Bertz CT molecular complexity index is 744. The number of hydrogen-bond acceptors (Lipinski definition) is 3. The molecule has 0 unspecified atom stereocenters. The topological polar surface area (TPSA) is 72.2 Å². The quantitative estimate of drug-likeness (QED) is 0.741. The number of nitrogens with two attached hydrogens (primary N) is 1. The van der Waals surface area contributed by atoms with Crippen molar-refractivity contribution in [3.63, 3.8) is 0 Å². The standard InChI is InChI=1S/C13H12Br2N2O2S/c1-8-12(16)6-10(15)7-13(8)20(18,19)17-11-4-2-9(14)3-5-11/h2-7,17H,16H2,1H3. The maximum atomic E-state index is 12.4. The number of halogens is 2. The van der Waals surface area contributed by atoms with Crippen LogP contribution in [0.3, 0.4) is 0 Å². The molecule has 0 atom stereocenters. The number of hydrogen-bond donors (Lipinski definition) is 2. The summed E-state index contributed by atoms with van der Waals surface area (Å²) in [6.07, 6.45) is 0. The molecule has 0 amide bonds. The van der Waals surface area contributed by atoms with Gasteiger partial charge in [-0.2, -0.15) is 0 Å². The predicted octanol–water partition coefficient (Wildman–Crippen LogP) is 3.90. The third-order valence-corrected chi connectivity index (χ3v) is 5.24. The Balaban J connectivity index is 2.43. The lowest BCUT2D eigenvalue weighted by Crippen LogP contribution is -2.15. The van der Waals surface area contributed by atoms with E-state index >= 15 is 0 Å². The number of rotatable bonds is 3. The van der Waals surface area contributed by atoms with E-state index < -0.39 is 10.0 Å². The normalized spacial score (nSPS) is 11.3. The van der Waals surface area contributed by atoms with Gasteiger partial charge in [0.05, 0.1) is 4.90 Å². The first-order chi connectivity index (χ1) is 9.29. The zero-order chi connectivity index (χ0) is 14.9. The Hall–Kier alpha value is -1.05. The highest BCUT2D eigenvalue weighted by Gasteiger charge is 2.19. The summed E-state index contributed by atoms with van der Waals surface area (Å²) in [7, 11) is -3.68. The number of nitrogen functional groups attached to an aromatic ring is 1. The average molecular weight is 420 g/mol. The maximum absolute atomic E-state index is 12.4. The van der Waals surface area contributed by atoms with Gasteiger partial charge in [0.15, 0.2) is 0 Å². The third kappa shape index (κ3) is 3.34. The smallest absolute Gasteiger partial charge is 0.262 e. The molecule has 0 fully saturated rings. The van der Waals surface area contributed by atoms with Crippen molar-refractivity contribution in [1.82, 2.24) is 0 Å². The van der Waals surface area contributed by atoms with Gasteiger partial charge in [-0.15, -0.1) is 0 Å². The van der Waals surface area contributed by atoms with Crippen molar-refractivity contribution in [2.24, 2.45) is 0 Å².